The lowest BCUT2D eigenvalue weighted by Crippen LogP contribution is -2.37. The molecule has 0 bridgehead atoms. The van der Waals surface area contributed by atoms with Crippen molar-refractivity contribution in [2.24, 2.45) is 0 Å². The average Bonchev–Trinajstić information content (AvgIpc) is 3.47. The fraction of sp³-hybridized carbons (Fsp3) is 0.333. The van der Waals surface area contributed by atoms with Gasteiger partial charge in [0.05, 0.1) is 30.3 Å². The zero-order valence-electron chi connectivity index (χ0n) is 17.5. The van der Waals surface area contributed by atoms with Gasteiger partial charge in [0.2, 0.25) is 5.91 Å². The minimum absolute atomic E-state index is 0.0197. The quantitative estimate of drug-likeness (QED) is 0.521. The summed E-state index contributed by atoms with van der Waals surface area (Å²) in [5, 5.41) is 6.55. The van der Waals surface area contributed by atoms with Crippen LogP contribution in [0.4, 0.5) is 0 Å². The number of likely N-dealkylation sites (tertiary alicyclic amines) is 1. The Bertz CT molecular complexity index is 1020. The third-order valence-electron chi connectivity index (χ3n) is 5.57. The molecule has 1 amide bonds. The number of carbonyl (C=O) groups excluding carboxylic acids is 1. The zero-order chi connectivity index (χ0) is 21.6. The number of aromatic nitrogens is 1. The fourth-order valence-corrected chi connectivity index (χ4v) is 5.06. The number of hydrogen-bond acceptors (Lipinski definition) is 5. The largest absolute Gasteiger partial charge is 0.497 e. The molecule has 1 unspecified atom stereocenters. The van der Waals surface area contributed by atoms with E-state index in [2.05, 4.69) is 27.3 Å². The highest BCUT2D eigenvalue weighted by Crippen LogP contribution is 2.30. The standard InChI is InChI=1S/C24H26ClN3O2S/c1-30-19-10-8-17(9-11-19)22(28-12-4-5-13-28)15-26-23(29)14-18-16-31-24(27-18)20-6-2-3-7-21(20)25/h2-3,6-11,16,22H,4-5,12-15H2,1H3,(H,26,29). The number of nitrogens with one attached hydrogen (secondary N) is 1. The molecule has 0 aliphatic carbocycles. The minimum Gasteiger partial charge on any atom is -0.497 e. The Balaban J connectivity index is 1.39. The first-order valence-electron chi connectivity index (χ1n) is 10.5. The van der Waals surface area contributed by atoms with Crippen molar-refractivity contribution in [3.05, 3.63) is 70.2 Å². The van der Waals surface area contributed by atoms with Crippen molar-refractivity contribution < 1.29 is 9.53 Å². The van der Waals surface area contributed by atoms with Gasteiger partial charge in [0.15, 0.2) is 0 Å². The molecular formula is C24H26ClN3O2S. The fourth-order valence-electron chi connectivity index (χ4n) is 3.92. The molecule has 7 heteroatoms. The van der Waals surface area contributed by atoms with Crippen LogP contribution in [0.2, 0.25) is 5.02 Å². The maximum Gasteiger partial charge on any atom is 0.226 e. The SMILES string of the molecule is COc1ccc(C(CNC(=O)Cc2csc(-c3ccccc3Cl)n2)N2CCCC2)cc1. The van der Waals surface area contributed by atoms with Crippen LogP contribution in [0.1, 0.15) is 30.1 Å². The maximum absolute atomic E-state index is 12.7. The highest BCUT2D eigenvalue weighted by molar-refractivity contribution is 7.13. The summed E-state index contributed by atoms with van der Waals surface area (Å²) >= 11 is 7.78. The van der Waals surface area contributed by atoms with E-state index in [1.165, 1.54) is 29.7 Å². The number of amides is 1. The third-order valence-corrected chi connectivity index (χ3v) is 6.83. The van der Waals surface area contributed by atoms with Gasteiger partial charge in [-0.2, -0.15) is 0 Å². The van der Waals surface area contributed by atoms with Crippen LogP contribution in [0.3, 0.4) is 0 Å². The summed E-state index contributed by atoms with van der Waals surface area (Å²) in [5.41, 5.74) is 2.85. The van der Waals surface area contributed by atoms with E-state index in [0.29, 0.717) is 11.6 Å². The van der Waals surface area contributed by atoms with E-state index in [-0.39, 0.29) is 18.4 Å². The van der Waals surface area contributed by atoms with Crippen LogP contribution in [0.25, 0.3) is 10.6 Å². The van der Waals surface area contributed by atoms with Crippen molar-refractivity contribution in [1.82, 2.24) is 15.2 Å². The molecule has 0 radical (unpaired) electrons. The second-order valence-electron chi connectivity index (χ2n) is 7.64. The number of nitrogens with zero attached hydrogens (tertiary/aromatic N) is 2. The summed E-state index contributed by atoms with van der Waals surface area (Å²) < 4.78 is 5.28. The molecule has 5 nitrogen and oxygen atoms in total. The van der Waals surface area contributed by atoms with Crippen molar-refractivity contribution in [2.75, 3.05) is 26.7 Å². The molecule has 1 aliphatic rings. The second-order valence-corrected chi connectivity index (χ2v) is 8.90. The van der Waals surface area contributed by atoms with Crippen molar-refractivity contribution in [3.63, 3.8) is 0 Å². The number of methoxy groups -OCH3 is 1. The molecular weight excluding hydrogens is 430 g/mol. The first-order valence-corrected chi connectivity index (χ1v) is 11.7. The molecule has 4 rings (SSSR count). The molecule has 162 valence electrons. The Morgan fingerprint density at radius 3 is 2.65 bits per heavy atom. The van der Waals surface area contributed by atoms with E-state index in [9.17, 15) is 4.79 Å². The first-order chi connectivity index (χ1) is 15.1. The lowest BCUT2D eigenvalue weighted by Gasteiger charge is -2.28. The van der Waals surface area contributed by atoms with Crippen LogP contribution in [-0.2, 0) is 11.2 Å². The van der Waals surface area contributed by atoms with Gasteiger partial charge in [-0.15, -0.1) is 11.3 Å². The molecule has 1 aromatic heterocycles. The number of benzene rings is 2. The minimum atomic E-state index is -0.0197. The summed E-state index contributed by atoms with van der Waals surface area (Å²) in [7, 11) is 1.67. The Morgan fingerprint density at radius 2 is 1.94 bits per heavy atom. The molecule has 2 aromatic carbocycles. The summed E-state index contributed by atoms with van der Waals surface area (Å²) in [4.78, 5) is 19.7. The van der Waals surface area contributed by atoms with Crippen LogP contribution in [0, 0.1) is 0 Å². The van der Waals surface area contributed by atoms with Gasteiger partial charge < -0.3 is 10.1 Å². The number of ether oxygens (including phenoxy) is 1. The van der Waals surface area contributed by atoms with Crippen LogP contribution in [0.5, 0.6) is 5.75 Å². The molecule has 1 aliphatic heterocycles. The van der Waals surface area contributed by atoms with Gasteiger partial charge in [-0.3, -0.25) is 9.69 Å². The number of rotatable bonds is 8. The van der Waals surface area contributed by atoms with E-state index in [0.717, 1.165) is 35.1 Å². The molecule has 31 heavy (non-hydrogen) atoms. The third kappa shape index (κ3) is 5.45. The predicted octanol–water partition coefficient (Wildman–Crippen LogP) is 4.97. The maximum atomic E-state index is 12.7. The van der Waals surface area contributed by atoms with Gasteiger partial charge in [0.1, 0.15) is 10.8 Å². The van der Waals surface area contributed by atoms with Gasteiger partial charge in [0.25, 0.3) is 0 Å². The van der Waals surface area contributed by atoms with E-state index in [1.807, 2.05) is 41.8 Å². The van der Waals surface area contributed by atoms with Crippen molar-refractivity contribution in [3.8, 4) is 16.3 Å². The van der Waals surface area contributed by atoms with Crippen LogP contribution >= 0.6 is 22.9 Å². The smallest absolute Gasteiger partial charge is 0.226 e. The number of halogens is 1. The van der Waals surface area contributed by atoms with Crippen molar-refractivity contribution in [1.29, 1.82) is 0 Å². The number of carbonyl (C=O) groups is 1. The highest BCUT2D eigenvalue weighted by atomic mass is 35.5. The Morgan fingerprint density at radius 1 is 1.19 bits per heavy atom. The predicted molar refractivity (Wildman–Crippen MR) is 126 cm³/mol. The average molecular weight is 456 g/mol. The highest BCUT2D eigenvalue weighted by Gasteiger charge is 2.24. The summed E-state index contributed by atoms with van der Waals surface area (Å²) in [6.07, 6.45) is 2.66. The van der Waals surface area contributed by atoms with Gasteiger partial charge in [-0.25, -0.2) is 4.98 Å². The Hall–Kier alpha value is -2.41. The van der Waals surface area contributed by atoms with Crippen LogP contribution in [0.15, 0.2) is 53.9 Å². The molecule has 1 atom stereocenters. The van der Waals surface area contributed by atoms with Gasteiger partial charge in [-0.05, 0) is 49.7 Å². The van der Waals surface area contributed by atoms with Gasteiger partial charge in [0, 0.05) is 17.5 Å². The zero-order valence-corrected chi connectivity index (χ0v) is 19.1. The monoisotopic (exact) mass is 455 g/mol. The number of thiazole rings is 1. The van der Waals surface area contributed by atoms with Crippen LogP contribution < -0.4 is 10.1 Å². The van der Waals surface area contributed by atoms with Gasteiger partial charge in [-0.1, -0.05) is 41.9 Å². The van der Waals surface area contributed by atoms with Gasteiger partial charge >= 0.3 is 0 Å². The molecule has 1 fully saturated rings. The number of hydrogen-bond donors (Lipinski definition) is 1. The summed E-state index contributed by atoms with van der Waals surface area (Å²) in [6, 6.07) is 15.9. The lowest BCUT2D eigenvalue weighted by atomic mass is 10.1. The second kappa shape index (κ2) is 10.3. The van der Waals surface area contributed by atoms with Crippen molar-refractivity contribution >= 4 is 28.8 Å². The molecule has 1 saturated heterocycles. The van der Waals surface area contributed by atoms with Crippen molar-refractivity contribution in [2.45, 2.75) is 25.3 Å². The van der Waals surface area contributed by atoms with E-state index in [1.54, 1.807) is 7.11 Å². The summed E-state index contributed by atoms with van der Waals surface area (Å²) in [6.45, 7) is 2.69. The Labute approximate surface area is 192 Å². The molecule has 2 heterocycles. The topological polar surface area (TPSA) is 54.5 Å². The van der Waals surface area contributed by atoms with E-state index >= 15 is 0 Å². The molecule has 0 saturated carbocycles. The lowest BCUT2D eigenvalue weighted by molar-refractivity contribution is -0.120. The molecule has 1 N–H and O–H groups in total. The Kier molecular flexibility index (Phi) is 7.22. The van der Waals surface area contributed by atoms with Crippen LogP contribution in [-0.4, -0.2) is 42.5 Å². The summed E-state index contributed by atoms with van der Waals surface area (Å²) in [5.74, 6) is 0.819. The van der Waals surface area contributed by atoms with E-state index < -0.39 is 0 Å². The molecule has 3 aromatic rings. The normalized spacial score (nSPS) is 15.0. The van der Waals surface area contributed by atoms with E-state index in [4.69, 9.17) is 16.3 Å². The molecule has 0 spiro atoms. The first kappa shape index (κ1) is 21.8.